The summed E-state index contributed by atoms with van der Waals surface area (Å²) in [5.41, 5.74) is 3.35. The average Bonchev–Trinajstić information content (AvgIpc) is 3.35. The van der Waals surface area contributed by atoms with Crippen molar-refractivity contribution in [1.82, 2.24) is 10.3 Å². The normalized spacial score (nSPS) is 11.9. The van der Waals surface area contributed by atoms with Crippen molar-refractivity contribution in [3.05, 3.63) is 59.0 Å². The number of amides is 2. The number of ether oxygens (including phenoxy) is 2. The van der Waals surface area contributed by atoms with E-state index in [0.717, 1.165) is 11.3 Å². The zero-order valence-corrected chi connectivity index (χ0v) is 15.8. The first-order valence-electron chi connectivity index (χ1n) is 8.59. The first-order chi connectivity index (χ1) is 13.6. The van der Waals surface area contributed by atoms with Crippen LogP contribution in [0.4, 0.5) is 5.13 Å². The van der Waals surface area contributed by atoms with Gasteiger partial charge in [0.05, 0.1) is 12.2 Å². The number of carbonyl (C=O) groups excluding carboxylic acids is 2. The van der Waals surface area contributed by atoms with Crippen molar-refractivity contribution in [2.45, 2.75) is 6.92 Å². The minimum atomic E-state index is -0.368. The molecule has 2 aromatic carbocycles. The largest absolute Gasteiger partial charge is 0.454 e. The molecule has 2 amide bonds. The van der Waals surface area contributed by atoms with E-state index in [-0.39, 0.29) is 25.2 Å². The molecular weight excluding hydrogens is 378 g/mol. The van der Waals surface area contributed by atoms with Gasteiger partial charge >= 0.3 is 0 Å². The molecule has 0 bridgehead atoms. The monoisotopic (exact) mass is 395 g/mol. The summed E-state index contributed by atoms with van der Waals surface area (Å²) in [6.07, 6.45) is 0. The summed E-state index contributed by atoms with van der Waals surface area (Å²) in [6, 6.07) is 12.9. The highest BCUT2D eigenvalue weighted by molar-refractivity contribution is 7.14. The number of rotatable bonds is 5. The van der Waals surface area contributed by atoms with E-state index in [2.05, 4.69) is 15.6 Å². The number of aryl methyl sites for hydroxylation is 1. The molecule has 0 saturated heterocycles. The van der Waals surface area contributed by atoms with Crippen molar-refractivity contribution >= 4 is 28.3 Å². The fourth-order valence-corrected chi connectivity index (χ4v) is 3.39. The van der Waals surface area contributed by atoms with E-state index in [1.807, 2.05) is 36.6 Å². The number of fused-ring (bicyclic) bond motifs is 1. The van der Waals surface area contributed by atoms with Gasteiger partial charge in [-0.2, -0.15) is 0 Å². The molecule has 0 atom stereocenters. The van der Waals surface area contributed by atoms with Crippen LogP contribution in [0.2, 0.25) is 0 Å². The van der Waals surface area contributed by atoms with Crippen LogP contribution in [-0.4, -0.2) is 30.1 Å². The van der Waals surface area contributed by atoms with Gasteiger partial charge in [-0.1, -0.05) is 29.8 Å². The molecule has 0 fully saturated rings. The van der Waals surface area contributed by atoms with Crippen LogP contribution in [0.15, 0.2) is 47.8 Å². The lowest BCUT2D eigenvalue weighted by atomic mass is 10.1. The number of nitrogens with zero attached hydrogens (tertiary/aromatic N) is 1. The van der Waals surface area contributed by atoms with Gasteiger partial charge in [0.15, 0.2) is 16.6 Å². The summed E-state index contributed by atoms with van der Waals surface area (Å²) in [7, 11) is 0. The predicted octanol–water partition coefficient (Wildman–Crippen LogP) is 3.22. The van der Waals surface area contributed by atoms with Crippen molar-refractivity contribution < 1.29 is 19.1 Å². The van der Waals surface area contributed by atoms with Crippen LogP contribution in [0.5, 0.6) is 11.5 Å². The number of benzene rings is 2. The number of aromatic nitrogens is 1. The van der Waals surface area contributed by atoms with E-state index < -0.39 is 0 Å². The van der Waals surface area contributed by atoms with Gasteiger partial charge in [0.1, 0.15) is 0 Å². The lowest BCUT2D eigenvalue weighted by Gasteiger charge is -2.06. The maximum atomic E-state index is 12.2. The standard InChI is InChI=1S/C20H17N3O4S/c1-12-2-4-13(5-3-12)15-10-28-20(22-15)23-18(24)9-21-19(25)14-6-7-16-17(8-14)27-11-26-16/h2-8,10H,9,11H2,1H3,(H,21,25)(H,22,23,24). The third kappa shape index (κ3) is 3.96. The summed E-state index contributed by atoms with van der Waals surface area (Å²) < 4.78 is 10.5. The van der Waals surface area contributed by atoms with E-state index in [4.69, 9.17) is 9.47 Å². The van der Waals surface area contributed by atoms with Gasteiger partial charge in [0.2, 0.25) is 12.7 Å². The van der Waals surface area contributed by atoms with Crippen molar-refractivity contribution in [1.29, 1.82) is 0 Å². The highest BCUT2D eigenvalue weighted by Crippen LogP contribution is 2.32. The van der Waals surface area contributed by atoms with Gasteiger partial charge < -0.3 is 20.1 Å². The molecule has 1 aromatic heterocycles. The highest BCUT2D eigenvalue weighted by Gasteiger charge is 2.17. The van der Waals surface area contributed by atoms with Gasteiger partial charge in [-0.3, -0.25) is 9.59 Å². The van der Waals surface area contributed by atoms with E-state index in [1.165, 1.54) is 16.9 Å². The van der Waals surface area contributed by atoms with E-state index in [1.54, 1.807) is 18.2 Å². The Morgan fingerprint density at radius 1 is 1.11 bits per heavy atom. The molecule has 4 rings (SSSR count). The second-order valence-electron chi connectivity index (χ2n) is 6.20. The first kappa shape index (κ1) is 18.0. The number of thiazole rings is 1. The Kier molecular flexibility index (Phi) is 4.94. The molecule has 2 N–H and O–H groups in total. The SMILES string of the molecule is Cc1ccc(-c2csc(NC(=O)CNC(=O)c3ccc4c(c3)OCO4)n2)cc1. The minimum Gasteiger partial charge on any atom is -0.454 e. The molecule has 0 spiro atoms. The Morgan fingerprint density at radius 3 is 2.71 bits per heavy atom. The topological polar surface area (TPSA) is 89.6 Å². The fraction of sp³-hybridized carbons (Fsp3) is 0.150. The minimum absolute atomic E-state index is 0.140. The number of carbonyl (C=O) groups is 2. The van der Waals surface area contributed by atoms with Crippen LogP contribution >= 0.6 is 11.3 Å². The first-order valence-corrected chi connectivity index (χ1v) is 9.47. The third-order valence-corrected chi connectivity index (χ3v) is 4.90. The molecule has 1 aliphatic rings. The van der Waals surface area contributed by atoms with E-state index in [0.29, 0.717) is 22.2 Å². The third-order valence-electron chi connectivity index (χ3n) is 4.14. The maximum absolute atomic E-state index is 12.2. The van der Waals surface area contributed by atoms with Gasteiger partial charge in [0.25, 0.3) is 5.91 Å². The van der Waals surface area contributed by atoms with Crippen LogP contribution < -0.4 is 20.1 Å². The van der Waals surface area contributed by atoms with Crippen molar-refractivity contribution in [3.63, 3.8) is 0 Å². The Balaban J connectivity index is 1.32. The Bertz CT molecular complexity index is 1030. The molecule has 28 heavy (non-hydrogen) atoms. The summed E-state index contributed by atoms with van der Waals surface area (Å²) in [4.78, 5) is 28.8. The Labute approximate surface area is 165 Å². The lowest BCUT2D eigenvalue weighted by Crippen LogP contribution is -2.32. The molecule has 0 unspecified atom stereocenters. The van der Waals surface area contributed by atoms with Gasteiger partial charge in [0, 0.05) is 16.5 Å². The predicted molar refractivity (Wildman–Crippen MR) is 106 cm³/mol. The van der Waals surface area contributed by atoms with Crippen molar-refractivity contribution in [3.8, 4) is 22.8 Å². The van der Waals surface area contributed by atoms with Crippen LogP contribution in [0.3, 0.4) is 0 Å². The number of hydrogen-bond acceptors (Lipinski definition) is 6. The Morgan fingerprint density at radius 2 is 1.89 bits per heavy atom. The van der Waals surface area contributed by atoms with Crippen LogP contribution in [-0.2, 0) is 4.79 Å². The molecule has 3 aromatic rings. The molecule has 0 saturated carbocycles. The van der Waals surface area contributed by atoms with Gasteiger partial charge in [-0.15, -0.1) is 11.3 Å². The maximum Gasteiger partial charge on any atom is 0.251 e. The second kappa shape index (κ2) is 7.69. The summed E-state index contributed by atoms with van der Waals surface area (Å²) in [5, 5.41) is 7.65. The zero-order chi connectivity index (χ0) is 19.5. The van der Waals surface area contributed by atoms with Crippen molar-refractivity contribution in [2.75, 3.05) is 18.7 Å². The summed E-state index contributed by atoms with van der Waals surface area (Å²) in [6.45, 7) is 2.00. The van der Waals surface area contributed by atoms with Crippen LogP contribution in [0.1, 0.15) is 15.9 Å². The van der Waals surface area contributed by atoms with Gasteiger partial charge in [-0.25, -0.2) is 4.98 Å². The van der Waals surface area contributed by atoms with Gasteiger partial charge in [-0.05, 0) is 25.1 Å². The van der Waals surface area contributed by atoms with Crippen LogP contribution in [0.25, 0.3) is 11.3 Å². The molecule has 1 aliphatic heterocycles. The summed E-state index contributed by atoms with van der Waals surface area (Å²) in [5.74, 6) is 0.401. The average molecular weight is 395 g/mol. The molecule has 0 radical (unpaired) electrons. The molecule has 7 nitrogen and oxygen atoms in total. The molecule has 142 valence electrons. The van der Waals surface area contributed by atoms with E-state index >= 15 is 0 Å². The fourth-order valence-electron chi connectivity index (χ4n) is 2.65. The smallest absolute Gasteiger partial charge is 0.251 e. The van der Waals surface area contributed by atoms with Crippen LogP contribution in [0, 0.1) is 6.92 Å². The Hall–Kier alpha value is -3.39. The lowest BCUT2D eigenvalue weighted by molar-refractivity contribution is -0.115. The number of hydrogen-bond donors (Lipinski definition) is 2. The molecular formula is C20H17N3O4S. The molecule has 2 heterocycles. The van der Waals surface area contributed by atoms with E-state index in [9.17, 15) is 9.59 Å². The summed E-state index contributed by atoms with van der Waals surface area (Å²) >= 11 is 1.33. The quantitative estimate of drug-likeness (QED) is 0.692. The highest BCUT2D eigenvalue weighted by atomic mass is 32.1. The number of anilines is 1. The zero-order valence-electron chi connectivity index (χ0n) is 15.0. The van der Waals surface area contributed by atoms with Crippen molar-refractivity contribution in [2.24, 2.45) is 0 Å². The second-order valence-corrected chi connectivity index (χ2v) is 7.06. The molecule has 8 heteroatoms. The molecule has 0 aliphatic carbocycles. The number of nitrogens with one attached hydrogen (secondary N) is 2.